The molecule has 1 aromatic rings. The lowest BCUT2D eigenvalue weighted by Crippen LogP contribution is -2.32. The van der Waals surface area contributed by atoms with E-state index in [2.05, 4.69) is 10.3 Å². The van der Waals surface area contributed by atoms with E-state index in [4.69, 9.17) is 4.74 Å². The van der Waals surface area contributed by atoms with Gasteiger partial charge in [-0.25, -0.2) is 4.79 Å². The molecule has 1 fully saturated rings. The fraction of sp³-hybridized carbons (Fsp3) is 0.467. The number of ether oxygens (including phenoxy) is 1. The Labute approximate surface area is 147 Å². The lowest BCUT2D eigenvalue weighted by molar-refractivity contribution is -0.127. The SMILES string of the molecule is COC(=O)c1c(NC(=O)CC2SC3=NCCN3C2=O)sc(C)c1C. The second-order valence-corrected chi connectivity index (χ2v) is 7.89. The molecule has 1 N–H and O–H groups in total. The van der Waals surface area contributed by atoms with Crippen LogP contribution in [0.1, 0.15) is 27.2 Å². The summed E-state index contributed by atoms with van der Waals surface area (Å²) >= 11 is 2.66. The predicted octanol–water partition coefficient (Wildman–Crippen LogP) is 1.79. The Morgan fingerprint density at radius 1 is 1.42 bits per heavy atom. The molecule has 0 aliphatic carbocycles. The number of carbonyl (C=O) groups excluding carboxylic acids is 3. The van der Waals surface area contributed by atoms with Crippen LogP contribution >= 0.6 is 23.1 Å². The number of amidine groups is 1. The third-order valence-corrected chi connectivity index (χ3v) is 6.33. The normalized spacial score (nSPS) is 19.3. The van der Waals surface area contributed by atoms with Gasteiger partial charge >= 0.3 is 5.97 Å². The maximum atomic E-state index is 12.3. The predicted molar refractivity (Wildman–Crippen MR) is 93.8 cm³/mol. The Morgan fingerprint density at radius 3 is 2.83 bits per heavy atom. The van der Waals surface area contributed by atoms with Gasteiger partial charge in [0.15, 0.2) is 5.17 Å². The van der Waals surface area contributed by atoms with Gasteiger partial charge in [0.25, 0.3) is 0 Å². The molecular weight excluding hydrogens is 350 g/mol. The molecule has 9 heteroatoms. The summed E-state index contributed by atoms with van der Waals surface area (Å²) in [5.74, 6) is -0.847. The fourth-order valence-electron chi connectivity index (χ4n) is 2.62. The van der Waals surface area contributed by atoms with Crippen LogP contribution in [0.3, 0.4) is 0 Å². The van der Waals surface area contributed by atoms with Gasteiger partial charge < -0.3 is 10.1 Å². The molecule has 2 aliphatic rings. The summed E-state index contributed by atoms with van der Waals surface area (Å²) in [4.78, 5) is 43.3. The van der Waals surface area contributed by atoms with Crippen molar-refractivity contribution < 1.29 is 19.1 Å². The number of fused-ring (bicyclic) bond motifs is 1. The van der Waals surface area contributed by atoms with Gasteiger partial charge in [0.05, 0.1) is 19.2 Å². The zero-order valence-electron chi connectivity index (χ0n) is 13.5. The van der Waals surface area contributed by atoms with Crippen LogP contribution in [-0.4, -0.2) is 53.3 Å². The number of thiophene rings is 1. The second kappa shape index (κ2) is 6.56. The van der Waals surface area contributed by atoms with Crippen LogP contribution in [0, 0.1) is 13.8 Å². The molecule has 0 saturated carbocycles. The highest BCUT2D eigenvalue weighted by molar-refractivity contribution is 8.15. The first-order chi connectivity index (χ1) is 11.4. The maximum Gasteiger partial charge on any atom is 0.341 e. The van der Waals surface area contributed by atoms with Crippen LogP contribution in [0.5, 0.6) is 0 Å². The minimum atomic E-state index is -0.478. The lowest BCUT2D eigenvalue weighted by atomic mass is 10.1. The first kappa shape index (κ1) is 17.0. The minimum Gasteiger partial charge on any atom is -0.465 e. The van der Waals surface area contributed by atoms with Crippen molar-refractivity contribution >= 4 is 51.1 Å². The van der Waals surface area contributed by atoms with Crippen LogP contribution in [0.2, 0.25) is 0 Å². The molecule has 1 atom stereocenters. The number of thioether (sulfide) groups is 1. The zero-order chi connectivity index (χ0) is 17.4. The standard InChI is InChI=1S/C15H17N3O4S2/c1-7-8(2)23-12(11(7)14(21)22-3)17-10(19)6-9-13(20)18-5-4-16-15(18)24-9/h9H,4-6H2,1-3H3,(H,17,19). The minimum absolute atomic E-state index is 0.0512. The van der Waals surface area contributed by atoms with Gasteiger partial charge in [-0.1, -0.05) is 11.8 Å². The van der Waals surface area contributed by atoms with Gasteiger partial charge in [-0.15, -0.1) is 11.3 Å². The van der Waals surface area contributed by atoms with E-state index in [9.17, 15) is 14.4 Å². The first-order valence-electron chi connectivity index (χ1n) is 7.43. The number of rotatable bonds is 4. The number of methoxy groups -OCH3 is 1. The van der Waals surface area contributed by atoms with Crippen molar-refractivity contribution in [2.24, 2.45) is 4.99 Å². The summed E-state index contributed by atoms with van der Waals surface area (Å²) in [5.41, 5.74) is 1.17. The average Bonchev–Trinajstić information content (AvgIpc) is 3.18. The Balaban J connectivity index is 1.71. The Bertz CT molecular complexity index is 756. The largest absolute Gasteiger partial charge is 0.465 e. The maximum absolute atomic E-state index is 12.3. The highest BCUT2D eigenvalue weighted by Crippen LogP contribution is 2.35. The number of hydrogen-bond acceptors (Lipinski definition) is 7. The fourth-order valence-corrected chi connectivity index (χ4v) is 4.88. The van der Waals surface area contributed by atoms with Crippen LogP contribution < -0.4 is 5.32 Å². The third-order valence-electron chi connectivity index (χ3n) is 3.99. The molecule has 3 heterocycles. The quantitative estimate of drug-likeness (QED) is 0.820. The summed E-state index contributed by atoms with van der Waals surface area (Å²) < 4.78 is 4.79. The number of nitrogens with zero attached hydrogens (tertiary/aromatic N) is 2. The lowest BCUT2D eigenvalue weighted by Gasteiger charge is -2.10. The van der Waals surface area contributed by atoms with Gasteiger partial charge in [0.2, 0.25) is 11.8 Å². The van der Waals surface area contributed by atoms with E-state index in [1.54, 1.807) is 4.90 Å². The molecule has 1 aromatic heterocycles. The molecule has 1 saturated heterocycles. The van der Waals surface area contributed by atoms with E-state index in [0.29, 0.717) is 28.8 Å². The van der Waals surface area contributed by atoms with Crippen LogP contribution in [-0.2, 0) is 14.3 Å². The van der Waals surface area contributed by atoms with E-state index >= 15 is 0 Å². The topological polar surface area (TPSA) is 88.1 Å². The van der Waals surface area contributed by atoms with Crippen molar-refractivity contribution in [1.82, 2.24) is 4.90 Å². The van der Waals surface area contributed by atoms with Crippen LogP contribution in [0.25, 0.3) is 0 Å². The number of hydrogen-bond donors (Lipinski definition) is 1. The van der Waals surface area contributed by atoms with Crippen molar-refractivity contribution in [2.45, 2.75) is 25.5 Å². The summed E-state index contributed by atoms with van der Waals surface area (Å²) in [6.45, 7) is 4.92. The van der Waals surface area contributed by atoms with Crippen molar-refractivity contribution in [3.05, 3.63) is 16.0 Å². The van der Waals surface area contributed by atoms with E-state index in [-0.39, 0.29) is 18.2 Å². The molecule has 2 amide bonds. The second-order valence-electron chi connectivity index (χ2n) is 5.49. The van der Waals surface area contributed by atoms with Crippen LogP contribution in [0.15, 0.2) is 4.99 Å². The number of aliphatic imine (C=N–C) groups is 1. The average molecular weight is 367 g/mol. The first-order valence-corrected chi connectivity index (χ1v) is 9.12. The van der Waals surface area contributed by atoms with E-state index in [1.165, 1.54) is 30.2 Å². The molecule has 0 radical (unpaired) electrons. The summed E-state index contributed by atoms with van der Waals surface area (Å²) in [5, 5.41) is 3.48. The van der Waals surface area contributed by atoms with E-state index in [0.717, 1.165) is 10.4 Å². The molecule has 7 nitrogen and oxygen atoms in total. The van der Waals surface area contributed by atoms with Gasteiger partial charge in [0.1, 0.15) is 10.3 Å². The van der Waals surface area contributed by atoms with Crippen molar-refractivity contribution in [3.63, 3.8) is 0 Å². The number of nitrogens with one attached hydrogen (secondary N) is 1. The molecule has 2 aliphatic heterocycles. The van der Waals surface area contributed by atoms with Crippen molar-refractivity contribution in [3.8, 4) is 0 Å². The smallest absolute Gasteiger partial charge is 0.341 e. The monoisotopic (exact) mass is 367 g/mol. The van der Waals surface area contributed by atoms with Gasteiger partial charge in [0, 0.05) is 17.8 Å². The van der Waals surface area contributed by atoms with Gasteiger partial charge in [-0.05, 0) is 19.4 Å². The number of aryl methyl sites for hydroxylation is 1. The Morgan fingerprint density at radius 2 is 2.17 bits per heavy atom. The molecule has 1 unspecified atom stereocenters. The summed E-state index contributed by atoms with van der Waals surface area (Å²) in [7, 11) is 1.31. The van der Waals surface area contributed by atoms with E-state index < -0.39 is 11.2 Å². The van der Waals surface area contributed by atoms with Crippen LogP contribution in [0.4, 0.5) is 5.00 Å². The molecule has 24 heavy (non-hydrogen) atoms. The van der Waals surface area contributed by atoms with E-state index in [1.807, 2.05) is 13.8 Å². The van der Waals surface area contributed by atoms with Gasteiger partial charge in [-0.2, -0.15) is 0 Å². The highest BCUT2D eigenvalue weighted by Gasteiger charge is 2.40. The molecule has 0 bridgehead atoms. The highest BCUT2D eigenvalue weighted by atomic mass is 32.2. The summed E-state index contributed by atoms with van der Waals surface area (Å²) in [6.07, 6.45) is 0.0512. The molecule has 0 aromatic carbocycles. The summed E-state index contributed by atoms with van der Waals surface area (Å²) in [6, 6.07) is 0. The molecular formula is C15H17N3O4S2. The Kier molecular flexibility index (Phi) is 4.64. The van der Waals surface area contributed by atoms with Crippen molar-refractivity contribution in [1.29, 1.82) is 0 Å². The van der Waals surface area contributed by atoms with Gasteiger partial charge in [-0.3, -0.25) is 19.5 Å². The zero-order valence-corrected chi connectivity index (χ0v) is 15.2. The Hall–Kier alpha value is -1.87. The number of carbonyl (C=O) groups is 3. The molecule has 0 spiro atoms. The molecule has 128 valence electrons. The molecule has 3 rings (SSSR count). The van der Waals surface area contributed by atoms with Crippen molar-refractivity contribution in [2.75, 3.05) is 25.5 Å². The number of amides is 2. The number of esters is 1. The third kappa shape index (κ3) is 2.93. The number of anilines is 1.